The van der Waals surface area contributed by atoms with E-state index in [0.29, 0.717) is 12.8 Å². The van der Waals surface area contributed by atoms with E-state index in [4.69, 9.17) is 10.6 Å². The van der Waals surface area contributed by atoms with Crippen LogP contribution in [0.5, 0.6) is 0 Å². The molecule has 6 nitrogen and oxygen atoms in total. The second-order valence-electron chi connectivity index (χ2n) is 6.58. The van der Waals surface area contributed by atoms with Gasteiger partial charge in [-0.3, -0.25) is 10.2 Å². The van der Waals surface area contributed by atoms with Gasteiger partial charge >= 0.3 is 6.09 Å². The van der Waals surface area contributed by atoms with Gasteiger partial charge in [0.15, 0.2) is 0 Å². The normalized spacial score (nSPS) is 31.2. The molecule has 0 aromatic rings. The number of carbonyl (C=O) groups excluding carboxylic acids is 2. The largest absolute Gasteiger partial charge is 0.444 e. The zero-order chi connectivity index (χ0) is 14.2. The fourth-order valence-electron chi connectivity index (χ4n) is 2.64. The number of nitrogens with two attached hydrogens (primary N) is 1. The number of amides is 2. The molecule has 2 amide bonds. The van der Waals surface area contributed by atoms with Gasteiger partial charge in [-0.15, -0.1) is 0 Å². The monoisotopic (exact) mass is 257 g/mol. The van der Waals surface area contributed by atoms with Crippen molar-refractivity contribution in [3.05, 3.63) is 0 Å². The predicted molar refractivity (Wildman–Crippen MR) is 67.4 cm³/mol. The average molecular weight is 257 g/mol. The van der Waals surface area contributed by atoms with Crippen molar-refractivity contribution in [3.8, 4) is 0 Å². The number of alkyl carbamates (subject to hydrolysis) is 1. The van der Waals surface area contributed by atoms with E-state index in [1.54, 1.807) is 0 Å². The van der Waals surface area contributed by atoms with E-state index in [1.165, 1.54) is 0 Å². The summed E-state index contributed by atoms with van der Waals surface area (Å²) in [6.07, 6.45) is 0.630. The van der Waals surface area contributed by atoms with Crippen molar-refractivity contribution in [2.45, 2.75) is 58.6 Å². The number of nitrogens with one attached hydrogen (secondary N) is 2. The van der Waals surface area contributed by atoms with Crippen LogP contribution in [0.25, 0.3) is 0 Å². The van der Waals surface area contributed by atoms with Gasteiger partial charge in [0.2, 0.25) is 5.91 Å². The molecule has 0 aromatic carbocycles. The van der Waals surface area contributed by atoms with Gasteiger partial charge in [-0.2, -0.15) is 0 Å². The molecule has 1 saturated carbocycles. The molecule has 0 unspecified atom stereocenters. The lowest BCUT2D eigenvalue weighted by molar-refractivity contribution is -0.139. The van der Waals surface area contributed by atoms with Gasteiger partial charge in [-0.1, -0.05) is 6.92 Å². The van der Waals surface area contributed by atoms with Crippen molar-refractivity contribution in [1.29, 1.82) is 0 Å². The Balaban J connectivity index is 2.52. The van der Waals surface area contributed by atoms with E-state index in [9.17, 15) is 9.59 Å². The smallest absolute Gasteiger partial charge is 0.408 e. The molecule has 1 fully saturated rings. The van der Waals surface area contributed by atoms with Crippen LogP contribution in [0.4, 0.5) is 4.79 Å². The molecule has 0 spiro atoms. The number of rotatable bonds is 2. The summed E-state index contributed by atoms with van der Waals surface area (Å²) in [5.41, 5.74) is 0.700. The molecular weight excluding hydrogens is 234 g/mol. The standard InChI is InChI=1S/C12H23N3O3/c1-10(2,3)18-9(17)14-12(5)6-11(4,7-12)8(16)15-13/h6-7,13H2,1-5H3,(H,14,17)(H,15,16). The van der Waals surface area contributed by atoms with Gasteiger partial charge in [-0.05, 0) is 40.5 Å². The Labute approximate surface area is 108 Å². The number of hydrogen-bond donors (Lipinski definition) is 3. The molecule has 1 aliphatic carbocycles. The van der Waals surface area contributed by atoms with Crippen molar-refractivity contribution < 1.29 is 14.3 Å². The summed E-state index contributed by atoms with van der Waals surface area (Å²) in [5, 5.41) is 2.80. The molecule has 0 heterocycles. The van der Waals surface area contributed by atoms with Crippen molar-refractivity contribution >= 4 is 12.0 Å². The third-order valence-electron chi connectivity index (χ3n) is 3.04. The SMILES string of the molecule is CC1(NC(=O)OC(C)(C)C)CC(C)(C(=O)NN)C1. The first-order valence-electron chi connectivity index (χ1n) is 6.02. The number of hydrogen-bond acceptors (Lipinski definition) is 4. The van der Waals surface area contributed by atoms with Crippen LogP contribution in [0.2, 0.25) is 0 Å². The van der Waals surface area contributed by atoms with Gasteiger partial charge in [0.05, 0.1) is 5.41 Å². The van der Waals surface area contributed by atoms with Crippen LogP contribution < -0.4 is 16.6 Å². The van der Waals surface area contributed by atoms with Crippen LogP contribution >= 0.6 is 0 Å². The second-order valence-corrected chi connectivity index (χ2v) is 6.58. The van der Waals surface area contributed by atoms with Gasteiger partial charge in [0, 0.05) is 5.54 Å². The van der Waals surface area contributed by atoms with Crippen molar-refractivity contribution in [2.24, 2.45) is 11.3 Å². The van der Waals surface area contributed by atoms with Crippen molar-refractivity contribution in [2.75, 3.05) is 0 Å². The highest BCUT2D eigenvalue weighted by atomic mass is 16.6. The Hall–Kier alpha value is -1.30. The lowest BCUT2D eigenvalue weighted by Crippen LogP contribution is -2.64. The molecule has 18 heavy (non-hydrogen) atoms. The summed E-state index contributed by atoms with van der Waals surface area (Å²) in [4.78, 5) is 23.2. The first-order chi connectivity index (χ1) is 8.00. The zero-order valence-corrected chi connectivity index (χ0v) is 11.7. The minimum Gasteiger partial charge on any atom is -0.444 e. The summed E-state index contributed by atoms with van der Waals surface area (Å²) in [5.74, 6) is 4.93. The fraction of sp³-hybridized carbons (Fsp3) is 0.833. The molecule has 0 atom stereocenters. The first-order valence-corrected chi connectivity index (χ1v) is 6.02. The van der Waals surface area contributed by atoms with Gasteiger partial charge in [0.1, 0.15) is 5.60 Å². The highest BCUT2D eigenvalue weighted by molar-refractivity contribution is 5.83. The van der Waals surface area contributed by atoms with E-state index in [2.05, 4.69) is 10.7 Å². The van der Waals surface area contributed by atoms with E-state index < -0.39 is 22.6 Å². The Bertz CT molecular complexity index is 354. The van der Waals surface area contributed by atoms with E-state index in [1.807, 2.05) is 34.6 Å². The highest BCUT2D eigenvalue weighted by Crippen LogP contribution is 2.48. The van der Waals surface area contributed by atoms with Crippen LogP contribution in [0.3, 0.4) is 0 Å². The van der Waals surface area contributed by atoms with Crippen LogP contribution in [0.1, 0.15) is 47.5 Å². The Kier molecular flexibility index (Phi) is 3.63. The molecule has 0 aliphatic heterocycles. The third-order valence-corrected chi connectivity index (χ3v) is 3.04. The van der Waals surface area contributed by atoms with Crippen LogP contribution in [-0.2, 0) is 9.53 Å². The maximum absolute atomic E-state index is 11.7. The quantitative estimate of drug-likeness (QED) is 0.392. The van der Waals surface area contributed by atoms with Crippen molar-refractivity contribution in [1.82, 2.24) is 10.7 Å². The minimum absolute atomic E-state index is 0.203. The van der Waals surface area contributed by atoms with Gasteiger partial charge in [-0.25, -0.2) is 10.6 Å². The molecular formula is C12H23N3O3. The molecule has 0 radical (unpaired) electrons. The lowest BCUT2D eigenvalue weighted by Gasteiger charge is -2.51. The molecule has 4 N–H and O–H groups in total. The summed E-state index contributed by atoms with van der Waals surface area (Å²) >= 11 is 0. The highest BCUT2D eigenvalue weighted by Gasteiger charge is 2.54. The maximum atomic E-state index is 11.7. The topological polar surface area (TPSA) is 93.4 Å². The Morgan fingerprint density at radius 2 is 1.72 bits per heavy atom. The van der Waals surface area contributed by atoms with Gasteiger partial charge in [0.25, 0.3) is 0 Å². The molecule has 0 aromatic heterocycles. The van der Waals surface area contributed by atoms with Crippen LogP contribution in [0.15, 0.2) is 0 Å². The summed E-state index contributed by atoms with van der Waals surface area (Å²) in [7, 11) is 0. The van der Waals surface area contributed by atoms with Gasteiger partial charge < -0.3 is 10.1 Å². The summed E-state index contributed by atoms with van der Waals surface area (Å²) in [6, 6.07) is 0. The average Bonchev–Trinajstić information content (AvgIpc) is 2.10. The second kappa shape index (κ2) is 4.42. The lowest BCUT2D eigenvalue weighted by atomic mass is 9.58. The van der Waals surface area contributed by atoms with E-state index in [0.717, 1.165) is 0 Å². The molecule has 1 aliphatic rings. The number of ether oxygens (including phenoxy) is 1. The number of hydrazine groups is 1. The molecule has 0 saturated heterocycles. The molecule has 1 rings (SSSR count). The summed E-state index contributed by atoms with van der Waals surface area (Å²) in [6.45, 7) is 9.14. The first kappa shape index (κ1) is 14.8. The molecule has 6 heteroatoms. The van der Waals surface area contributed by atoms with Crippen LogP contribution in [-0.4, -0.2) is 23.1 Å². The summed E-state index contributed by atoms with van der Waals surface area (Å²) < 4.78 is 5.19. The van der Waals surface area contributed by atoms with Crippen molar-refractivity contribution in [3.63, 3.8) is 0 Å². The van der Waals surface area contributed by atoms with E-state index in [-0.39, 0.29) is 5.91 Å². The Morgan fingerprint density at radius 1 is 1.22 bits per heavy atom. The van der Waals surface area contributed by atoms with Crippen LogP contribution in [0, 0.1) is 5.41 Å². The predicted octanol–water partition coefficient (Wildman–Crippen LogP) is 1.06. The van der Waals surface area contributed by atoms with E-state index >= 15 is 0 Å². The third kappa shape index (κ3) is 3.35. The molecule has 104 valence electrons. The fourth-order valence-corrected chi connectivity index (χ4v) is 2.64. The number of carbonyl (C=O) groups is 2. The Morgan fingerprint density at radius 3 is 2.11 bits per heavy atom. The minimum atomic E-state index is -0.526. The zero-order valence-electron chi connectivity index (χ0n) is 11.7. The molecule has 0 bridgehead atoms. The maximum Gasteiger partial charge on any atom is 0.408 e.